The molecule has 2 aliphatic rings. The lowest BCUT2D eigenvalue weighted by atomic mass is 9.86. The molecular formula is C16H16Cl2N2O4S. The molecule has 2 aliphatic heterocycles. The van der Waals surface area contributed by atoms with Crippen molar-refractivity contribution in [2.75, 3.05) is 0 Å². The Morgan fingerprint density at radius 1 is 1.24 bits per heavy atom. The van der Waals surface area contributed by atoms with Crippen LogP contribution < -0.4 is 5.32 Å². The minimum atomic E-state index is -1.17. The molecule has 2 saturated heterocycles. The minimum Gasteiger partial charge on any atom is -0.480 e. The Hall–Kier alpha value is -1.44. The number of carbonyl (C=O) groups excluding carboxylic acids is 2. The number of carboxylic acid groups (broad SMARTS) is 1. The van der Waals surface area contributed by atoms with Crippen molar-refractivity contribution in [3.8, 4) is 0 Å². The third kappa shape index (κ3) is 2.69. The van der Waals surface area contributed by atoms with E-state index in [9.17, 15) is 19.5 Å². The van der Waals surface area contributed by atoms with Crippen molar-refractivity contribution in [3.63, 3.8) is 0 Å². The van der Waals surface area contributed by atoms with Gasteiger partial charge in [-0.3, -0.25) is 9.59 Å². The molecule has 1 aromatic rings. The summed E-state index contributed by atoms with van der Waals surface area (Å²) >= 11 is 13.1. The summed E-state index contributed by atoms with van der Waals surface area (Å²) in [6.07, 6.45) is 0. The number of halogens is 2. The number of thioether (sulfide) groups is 1. The van der Waals surface area contributed by atoms with Crippen molar-refractivity contribution >= 4 is 52.7 Å². The van der Waals surface area contributed by atoms with Crippen LogP contribution in [0.3, 0.4) is 0 Å². The first-order valence-corrected chi connectivity index (χ1v) is 9.13. The highest BCUT2D eigenvalue weighted by Crippen LogP contribution is 2.54. The average Bonchev–Trinajstić information content (AvgIpc) is 2.79. The van der Waals surface area contributed by atoms with Gasteiger partial charge in [-0.1, -0.05) is 23.2 Å². The van der Waals surface area contributed by atoms with E-state index in [1.165, 1.54) is 34.9 Å². The summed E-state index contributed by atoms with van der Waals surface area (Å²) in [5, 5.41) is 12.3. The zero-order chi connectivity index (χ0) is 18.7. The van der Waals surface area contributed by atoms with E-state index >= 15 is 0 Å². The molecule has 25 heavy (non-hydrogen) atoms. The lowest BCUT2D eigenvalue weighted by molar-refractivity contribution is -0.165. The number of aliphatic carboxylic acids is 1. The maximum absolute atomic E-state index is 12.6. The van der Waals surface area contributed by atoms with Gasteiger partial charge in [0.25, 0.3) is 11.8 Å². The molecule has 6 nitrogen and oxygen atoms in total. The second kappa shape index (κ2) is 5.79. The highest BCUT2D eigenvalue weighted by Gasteiger charge is 2.70. The van der Waals surface area contributed by atoms with Crippen molar-refractivity contribution in [2.45, 2.75) is 42.5 Å². The molecule has 2 heterocycles. The van der Waals surface area contributed by atoms with E-state index in [4.69, 9.17) is 23.2 Å². The van der Waals surface area contributed by atoms with Gasteiger partial charge in [0, 0.05) is 10.3 Å². The SMILES string of the molecule is CC1(C)S[C@H]2N(C(=O)C2(C)NC(=O)c2ccc(Cl)c(Cl)c2)[C@H]1C(=O)O. The van der Waals surface area contributed by atoms with Crippen LogP contribution in [-0.2, 0) is 9.59 Å². The first-order valence-electron chi connectivity index (χ1n) is 7.50. The number of carbonyl (C=O) groups is 3. The van der Waals surface area contributed by atoms with E-state index in [1.807, 2.05) is 0 Å². The van der Waals surface area contributed by atoms with Gasteiger partial charge in [-0.05, 0) is 39.0 Å². The standard InChI is InChI=1S/C16H16Cl2N2O4S/c1-15(2)10(12(22)23)20-13(24)16(3,14(20)25-15)19-11(21)7-4-5-8(17)9(18)6-7/h4-6,10,14H,1-3H3,(H,19,21)(H,22,23)/t10-,14+,16?/m0/s1. The van der Waals surface area contributed by atoms with E-state index in [-0.39, 0.29) is 10.6 Å². The molecule has 0 spiro atoms. The number of hydrogen-bond acceptors (Lipinski definition) is 4. The predicted molar refractivity (Wildman–Crippen MR) is 96.1 cm³/mol. The average molecular weight is 403 g/mol. The van der Waals surface area contributed by atoms with Crippen molar-refractivity contribution in [2.24, 2.45) is 0 Å². The van der Waals surface area contributed by atoms with Gasteiger partial charge in [-0.2, -0.15) is 0 Å². The van der Waals surface area contributed by atoms with Crippen molar-refractivity contribution in [1.29, 1.82) is 0 Å². The molecule has 0 radical (unpaired) electrons. The van der Waals surface area contributed by atoms with E-state index in [1.54, 1.807) is 20.8 Å². The Labute approximate surface area is 158 Å². The molecule has 2 amide bonds. The molecule has 3 rings (SSSR count). The monoisotopic (exact) mass is 402 g/mol. The first-order chi connectivity index (χ1) is 11.5. The molecule has 0 bridgehead atoms. The Balaban J connectivity index is 1.84. The summed E-state index contributed by atoms with van der Waals surface area (Å²) in [4.78, 5) is 38.1. The second-order valence-electron chi connectivity index (χ2n) is 6.81. The molecule has 2 N–H and O–H groups in total. The zero-order valence-corrected chi connectivity index (χ0v) is 16.0. The van der Waals surface area contributed by atoms with Crippen LogP contribution in [0, 0.1) is 0 Å². The molecule has 134 valence electrons. The Kier molecular flexibility index (Phi) is 4.25. The van der Waals surface area contributed by atoms with E-state index in [2.05, 4.69) is 5.32 Å². The molecule has 1 aromatic carbocycles. The third-order valence-corrected chi connectivity index (χ3v) is 7.06. The van der Waals surface area contributed by atoms with Crippen LogP contribution in [0.15, 0.2) is 18.2 Å². The molecular weight excluding hydrogens is 387 g/mol. The molecule has 0 aliphatic carbocycles. The number of nitrogens with one attached hydrogen (secondary N) is 1. The fourth-order valence-electron chi connectivity index (χ4n) is 3.28. The van der Waals surface area contributed by atoms with Gasteiger partial charge in [0.1, 0.15) is 17.0 Å². The number of benzene rings is 1. The first kappa shape index (κ1) is 18.4. The number of β-lactam (4-membered cyclic amide) rings is 1. The Bertz CT molecular complexity index is 800. The van der Waals surface area contributed by atoms with Gasteiger partial charge in [-0.15, -0.1) is 11.8 Å². The minimum absolute atomic E-state index is 0.239. The van der Waals surface area contributed by atoms with E-state index < -0.39 is 39.5 Å². The fourth-order valence-corrected chi connectivity index (χ4v) is 5.23. The number of carboxylic acids is 1. The van der Waals surface area contributed by atoms with Crippen LogP contribution in [0.2, 0.25) is 10.0 Å². The number of fused-ring (bicyclic) bond motifs is 1. The highest BCUT2D eigenvalue weighted by atomic mass is 35.5. The van der Waals surface area contributed by atoms with Crippen LogP contribution in [0.5, 0.6) is 0 Å². The van der Waals surface area contributed by atoms with Crippen molar-refractivity contribution in [1.82, 2.24) is 10.2 Å². The van der Waals surface area contributed by atoms with Gasteiger partial charge >= 0.3 is 5.97 Å². The largest absolute Gasteiger partial charge is 0.480 e. The maximum Gasteiger partial charge on any atom is 0.327 e. The number of amides is 2. The van der Waals surface area contributed by atoms with Gasteiger partial charge in [0.15, 0.2) is 0 Å². The fraction of sp³-hybridized carbons (Fsp3) is 0.438. The quantitative estimate of drug-likeness (QED) is 0.758. The zero-order valence-electron chi connectivity index (χ0n) is 13.7. The molecule has 0 saturated carbocycles. The predicted octanol–water partition coefficient (Wildman–Crippen LogP) is 2.63. The van der Waals surface area contributed by atoms with Crippen LogP contribution in [0.4, 0.5) is 0 Å². The number of rotatable bonds is 3. The normalized spacial score (nSPS) is 29.8. The van der Waals surface area contributed by atoms with Crippen LogP contribution in [0.25, 0.3) is 0 Å². The van der Waals surface area contributed by atoms with Gasteiger partial charge in [0.2, 0.25) is 0 Å². The van der Waals surface area contributed by atoms with Crippen LogP contribution in [0.1, 0.15) is 31.1 Å². The number of nitrogens with zero attached hydrogens (tertiary/aromatic N) is 1. The molecule has 0 aromatic heterocycles. The maximum atomic E-state index is 12.6. The highest BCUT2D eigenvalue weighted by molar-refractivity contribution is 8.01. The molecule has 2 fully saturated rings. The Morgan fingerprint density at radius 2 is 1.88 bits per heavy atom. The molecule has 9 heteroatoms. The van der Waals surface area contributed by atoms with E-state index in [0.29, 0.717) is 5.02 Å². The topological polar surface area (TPSA) is 86.7 Å². The van der Waals surface area contributed by atoms with Crippen molar-refractivity contribution < 1.29 is 19.5 Å². The lowest BCUT2D eigenvalue weighted by Crippen LogP contribution is -2.78. The summed E-state index contributed by atoms with van der Waals surface area (Å²) in [5.74, 6) is -1.92. The summed E-state index contributed by atoms with van der Waals surface area (Å²) in [6, 6.07) is 3.52. The summed E-state index contributed by atoms with van der Waals surface area (Å²) in [6.45, 7) is 5.17. The van der Waals surface area contributed by atoms with E-state index in [0.717, 1.165) is 0 Å². The summed E-state index contributed by atoms with van der Waals surface area (Å²) in [5.41, 5.74) is -0.895. The van der Waals surface area contributed by atoms with Crippen LogP contribution >= 0.6 is 35.0 Å². The lowest BCUT2D eigenvalue weighted by Gasteiger charge is -2.51. The number of hydrogen-bond donors (Lipinski definition) is 2. The van der Waals surface area contributed by atoms with Gasteiger partial charge < -0.3 is 15.3 Å². The third-order valence-electron chi connectivity index (χ3n) is 4.57. The smallest absolute Gasteiger partial charge is 0.327 e. The summed E-state index contributed by atoms with van der Waals surface area (Å²) in [7, 11) is 0. The Morgan fingerprint density at radius 3 is 2.44 bits per heavy atom. The summed E-state index contributed by atoms with van der Waals surface area (Å²) < 4.78 is -0.655. The van der Waals surface area contributed by atoms with Crippen LogP contribution in [-0.4, -0.2) is 49.5 Å². The molecule has 1 unspecified atom stereocenters. The van der Waals surface area contributed by atoms with Gasteiger partial charge in [0.05, 0.1) is 10.0 Å². The van der Waals surface area contributed by atoms with Crippen molar-refractivity contribution in [3.05, 3.63) is 33.8 Å². The van der Waals surface area contributed by atoms with Gasteiger partial charge in [-0.25, -0.2) is 4.79 Å². The molecule has 3 atom stereocenters. The second-order valence-corrected chi connectivity index (χ2v) is 9.36.